The van der Waals surface area contributed by atoms with Crippen molar-refractivity contribution in [3.63, 3.8) is 0 Å². The minimum absolute atomic E-state index is 0.822. The van der Waals surface area contributed by atoms with Crippen LogP contribution in [0.15, 0.2) is 24.3 Å². The van der Waals surface area contributed by atoms with Crippen LogP contribution >= 0.6 is 0 Å². The molecular formula is C14H21N. The van der Waals surface area contributed by atoms with Gasteiger partial charge in [-0.1, -0.05) is 30.7 Å². The van der Waals surface area contributed by atoms with Crippen LogP contribution in [0.2, 0.25) is 0 Å². The first-order valence-corrected chi connectivity index (χ1v) is 6.19. The lowest BCUT2D eigenvalue weighted by Gasteiger charge is -2.26. The van der Waals surface area contributed by atoms with Crippen molar-refractivity contribution < 1.29 is 0 Å². The molecule has 2 rings (SSSR count). The Morgan fingerprint density at radius 3 is 2.73 bits per heavy atom. The van der Waals surface area contributed by atoms with Crippen LogP contribution in [0.4, 0.5) is 0 Å². The highest BCUT2D eigenvalue weighted by molar-refractivity contribution is 5.27. The quantitative estimate of drug-likeness (QED) is 0.730. The number of benzene rings is 1. The summed E-state index contributed by atoms with van der Waals surface area (Å²) >= 11 is 0. The van der Waals surface area contributed by atoms with E-state index < -0.39 is 0 Å². The van der Waals surface area contributed by atoms with Gasteiger partial charge in [0, 0.05) is 0 Å². The summed E-state index contributed by atoms with van der Waals surface area (Å²) in [6.07, 6.45) is 7.77. The molecule has 1 aliphatic rings. The maximum absolute atomic E-state index is 5.50. The van der Waals surface area contributed by atoms with Crippen molar-refractivity contribution >= 4 is 0 Å². The highest BCUT2D eigenvalue weighted by atomic mass is 14.5. The standard InChI is InChI=1S/C14H21N/c15-10-2-1-5-12-6-3-9-14(11-12)13-7-4-8-13/h3,6,9,11,13H,1-2,4-5,7-8,10,15H2. The lowest BCUT2D eigenvalue weighted by Crippen LogP contribution is -2.08. The van der Waals surface area contributed by atoms with E-state index in [9.17, 15) is 0 Å². The highest BCUT2D eigenvalue weighted by Gasteiger charge is 2.19. The summed E-state index contributed by atoms with van der Waals surface area (Å²) in [7, 11) is 0. The van der Waals surface area contributed by atoms with Crippen molar-refractivity contribution in [2.45, 2.75) is 44.4 Å². The molecule has 1 fully saturated rings. The summed E-state index contributed by atoms with van der Waals surface area (Å²) in [6, 6.07) is 9.15. The molecule has 1 heteroatoms. The maximum atomic E-state index is 5.50. The fraction of sp³-hybridized carbons (Fsp3) is 0.571. The van der Waals surface area contributed by atoms with Crippen LogP contribution in [0, 0.1) is 0 Å². The third-order valence-corrected chi connectivity index (χ3v) is 3.45. The van der Waals surface area contributed by atoms with Crippen molar-refractivity contribution in [2.75, 3.05) is 6.54 Å². The predicted molar refractivity (Wildman–Crippen MR) is 65.0 cm³/mol. The first kappa shape index (κ1) is 10.7. The van der Waals surface area contributed by atoms with Gasteiger partial charge in [0.05, 0.1) is 0 Å². The lowest BCUT2D eigenvalue weighted by molar-refractivity contribution is 0.419. The Labute approximate surface area is 92.7 Å². The molecule has 1 aliphatic carbocycles. The van der Waals surface area contributed by atoms with Gasteiger partial charge in [-0.15, -0.1) is 0 Å². The average molecular weight is 203 g/mol. The van der Waals surface area contributed by atoms with E-state index in [1.54, 1.807) is 5.56 Å². The lowest BCUT2D eigenvalue weighted by atomic mass is 9.79. The number of unbranched alkanes of at least 4 members (excludes halogenated alkanes) is 1. The zero-order chi connectivity index (χ0) is 10.5. The molecule has 0 unspecified atom stereocenters. The fourth-order valence-corrected chi connectivity index (χ4v) is 2.22. The SMILES string of the molecule is NCCCCc1cccc(C2CCC2)c1. The van der Waals surface area contributed by atoms with Crippen molar-refractivity contribution in [1.29, 1.82) is 0 Å². The molecule has 1 nitrogen and oxygen atoms in total. The number of nitrogens with two attached hydrogens (primary N) is 1. The summed E-state index contributed by atoms with van der Waals surface area (Å²) in [5, 5.41) is 0. The molecule has 2 N–H and O–H groups in total. The van der Waals surface area contributed by atoms with E-state index in [0.717, 1.165) is 18.9 Å². The predicted octanol–water partition coefficient (Wildman–Crippen LogP) is 3.24. The summed E-state index contributed by atoms with van der Waals surface area (Å²) in [5.74, 6) is 0.861. The molecule has 0 atom stereocenters. The van der Waals surface area contributed by atoms with Gasteiger partial charge in [0.1, 0.15) is 0 Å². The van der Waals surface area contributed by atoms with Crippen LogP contribution < -0.4 is 5.73 Å². The van der Waals surface area contributed by atoms with Gasteiger partial charge in [-0.05, 0) is 55.7 Å². The van der Waals surface area contributed by atoms with Crippen molar-refractivity contribution in [2.24, 2.45) is 5.73 Å². The van der Waals surface area contributed by atoms with E-state index in [1.807, 2.05) is 0 Å². The monoisotopic (exact) mass is 203 g/mol. The third-order valence-electron chi connectivity index (χ3n) is 3.45. The first-order chi connectivity index (χ1) is 7.40. The molecule has 0 spiro atoms. The van der Waals surface area contributed by atoms with Crippen LogP contribution in [-0.2, 0) is 6.42 Å². The fourth-order valence-electron chi connectivity index (χ4n) is 2.22. The van der Waals surface area contributed by atoms with Gasteiger partial charge < -0.3 is 5.73 Å². The Hall–Kier alpha value is -0.820. The topological polar surface area (TPSA) is 26.0 Å². The molecule has 0 heterocycles. The minimum Gasteiger partial charge on any atom is -0.330 e. The molecule has 0 aliphatic heterocycles. The summed E-state index contributed by atoms with van der Waals surface area (Å²) in [6.45, 7) is 0.822. The molecular weight excluding hydrogens is 182 g/mol. The zero-order valence-electron chi connectivity index (χ0n) is 9.41. The summed E-state index contributed by atoms with van der Waals surface area (Å²) in [5.41, 5.74) is 8.56. The van der Waals surface area contributed by atoms with Gasteiger partial charge in [0.15, 0.2) is 0 Å². The van der Waals surface area contributed by atoms with Crippen molar-refractivity contribution in [3.8, 4) is 0 Å². The second-order valence-corrected chi connectivity index (χ2v) is 4.62. The molecule has 0 radical (unpaired) electrons. The summed E-state index contributed by atoms with van der Waals surface area (Å²) in [4.78, 5) is 0. The Kier molecular flexibility index (Phi) is 3.79. The van der Waals surface area contributed by atoms with Gasteiger partial charge in [0.2, 0.25) is 0 Å². The van der Waals surface area contributed by atoms with Crippen molar-refractivity contribution in [3.05, 3.63) is 35.4 Å². The maximum Gasteiger partial charge on any atom is -0.00772 e. The number of hydrogen-bond donors (Lipinski definition) is 1. The Bertz CT molecular complexity index is 302. The molecule has 82 valence electrons. The Morgan fingerprint density at radius 1 is 1.20 bits per heavy atom. The summed E-state index contributed by atoms with van der Waals surface area (Å²) < 4.78 is 0. The second kappa shape index (κ2) is 5.32. The molecule has 0 amide bonds. The van der Waals surface area contributed by atoms with Crippen LogP contribution in [-0.4, -0.2) is 6.54 Å². The van der Waals surface area contributed by atoms with Gasteiger partial charge >= 0.3 is 0 Å². The number of rotatable bonds is 5. The highest BCUT2D eigenvalue weighted by Crippen LogP contribution is 2.36. The van der Waals surface area contributed by atoms with E-state index in [4.69, 9.17) is 5.73 Å². The van der Waals surface area contributed by atoms with Crippen LogP contribution in [0.25, 0.3) is 0 Å². The van der Waals surface area contributed by atoms with E-state index in [0.29, 0.717) is 0 Å². The first-order valence-electron chi connectivity index (χ1n) is 6.19. The van der Waals surface area contributed by atoms with Crippen LogP contribution in [0.5, 0.6) is 0 Å². The third kappa shape index (κ3) is 2.82. The number of hydrogen-bond acceptors (Lipinski definition) is 1. The van der Waals surface area contributed by atoms with Gasteiger partial charge in [-0.3, -0.25) is 0 Å². The average Bonchev–Trinajstić information content (AvgIpc) is 2.16. The van der Waals surface area contributed by atoms with Gasteiger partial charge in [-0.25, -0.2) is 0 Å². The second-order valence-electron chi connectivity index (χ2n) is 4.62. The number of aryl methyl sites for hydroxylation is 1. The van der Waals surface area contributed by atoms with Crippen molar-refractivity contribution in [1.82, 2.24) is 0 Å². The minimum atomic E-state index is 0.822. The smallest absolute Gasteiger partial charge is 0.00772 e. The Morgan fingerprint density at radius 2 is 2.07 bits per heavy atom. The molecule has 1 aromatic rings. The van der Waals surface area contributed by atoms with Gasteiger partial charge in [0.25, 0.3) is 0 Å². The van der Waals surface area contributed by atoms with E-state index in [1.165, 1.54) is 37.7 Å². The molecule has 0 saturated heterocycles. The largest absolute Gasteiger partial charge is 0.330 e. The zero-order valence-corrected chi connectivity index (χ0v) is 9.41. The van der Waals surface area contributed by atoms with E-state index >= 15 is 0 Å². The Balaban J connectivity index is 1.92. The van der Waals surface area contributed by atoms with Gasteiger partial charge in [-0.2, -0.15) is 0 Å². The molecule has 15 heavy (non-hydrogen) atoms. The molecule has 0 aromatic heterocycles. The molecule has 1 aromatic carbocycles. The van der Waals surface area contributed by atoms with Crippen LogP contribution in [0.3, 0.4) is 0 Å². The molecule has 0 bridgehead atoms. The molecule has 1 saturated carbocycles. The van der Waals surface area contributed by atoms with E-state index in [2.05, 4.69) is 24.3 Å². The normalized spacial score (nSPS) is 16.3. The van der Waals surface area contributed by atoms with Crippen LogP contribution in [0.1, 0.15) is 49.1 Å². The van der Waals surface area contributed by atoms with E-state index in [-0.39, 0.29) is 0 Å².